The van der Waals surface area contributed by atoms with Gasteiger partial charge < -0.3 is 9.67 Å². The quantitative estimate of drug-likeness (QED) is 0.208. The van der Waals surface area contributed by atoms with Gasteiger partial charge in [0.05, 0.1) is 11.2 Å². The Morgan fingerprint density at radius 1 is 0.773 bits per heavy atom. The van der Waals surface area contributed by atoms with Gasteiger partial charge in [-0.05, 0) is 83.6 Å². The van der Waals surface area contributed by atoms with E-state index in [-0.39, 0.29) is 0 Å². The molecule has 1 unspecified atom stereocenters. The molecule has 44 heavy (non-hydrogen) atoms. The minimum atomic E-state index is -1.32. The third-order valence-corrected chi connectivity index (χ3v) is 8.33. The predicted molar refractivity (Wildman–Crippen MR) is 184 cm³/mol. The Bertz CT molecular complexity index is 1940. The van der Waals surface area contributed by atoms with Crippen LogP contribution in [0.15, 0.2) is 151 Å². The molecule has 2 aromatic heterocycles. The van der Waals surface area contributed by atoms with Crippen molar-refractivity contribution in [3.05, 3.63) is 168 Å². The molecule has 4 heteroatoms. The predicted octanol–water partition coefficient (Wildman–Crippen LogP) is 10.6. The van der Waals surface area contributed by atoms with Crippen LogP contribution < -0.4 is 0 Å². The van der Waals surface area contributed by atoms with Crippen molar-refractivity contribution in [3.8, 4) is 28.1 Å². The van der Waals surface area contributed by atoms with E-state index in [0.717, 1.165) is 68.5 Å². The zero-order valence-electron chi connectivity index (χ0n) is 25.0. The van der Waals surface area contributed by atoms with Crippen LogP contribution in [-0.2, 0) is 5.60 Å². The second kappa shape index (κ2) is 12.9. The number of halogens is 1. The number of hydrogen-bond acceptors (Lipinski definition) is 2. The Hall–Kier alpha value is -4.70. The zero-order chi connectivity index (χ0) is 30.5. The largest absolute Gasteiger partial charge is 0.376 e. The molecule has 6 aromatic rings. The Kier molecular flexibility index (Phi) is 8.60. The number of benzene rings is 4. The zero-order valence-corrected chi connectivity index (χ0v) is 25.7. The van der Waals surface area contributed by atoms with Crippen LogP contribution in [0, 0.1) is 0 Å². The van der Waals surface area contributed by atoms with Gasteiger partial charge in [-0.2, -0.15) is 0 Å². The van der Waals surface area contributed by atoms with Crippen molar-refractivity contribution in [2.75, 3.05) is 0 Å². The fourth-order valence-corrected chi connectivity index (χ4v) is 6.18. The van der Waals surface area contributed by atoms with Gasteiger partial charge in [0.15, 0.2) is 0 Å². The van der Waals surface area contributed by atoms with Crippen LogP contribution in [0.2, 0.25) is 5.02 Å². The number of para-hydroxylation sites is 1. The van der Waals surface area contributed by atoms with Gasteiger partial charge >= 0.3 is 0 Å². The molecule has 4 aromatic carbocycles. The lowest BCUT2D eigenvalue weighted by atomic mass is 9.76. The van der Waals surface area contributed by atoms with E-state index >= 15 is 0 Å². The Morgan fingerprint density at radius 2 is 1.48 bits per heavy atom. The summed E-state index contributed by atoms with van der Waals surface area (Å²) in [6.07, 6.45) is 11.9. The molecule has 1 atom stereocenters. The molecule has 0 amide bonds. The van der Waals surface area contributed by atoms with Crippen molar-refractivity contribution in [1.29, 1.82) is 0 Å². The molecule has 3 nitrogen and oxygen atoms in total. The van der Waals surface area contributed by atoms with Gasteiger partial charge in [-0.1, -0.05) is 110 Å². The Balaban J connectivity index is 0.00000168. The molecule has 2 heterocycles. The summed E-state index contributed by atoms with van der Waals surface area (Å²) in [4.78, 5) is 4.51. The van der Waals surface area contributed by atoms with E-state index < -0.39 is 5.60 Å². The van der Waals surface area contributed by atoms with Crippen molar-refractivity contribution < 1.29 is 5.11 Å². The minimum absolute atomic E-state index is 0.710. The molecule has 1 aliphatic rings. The number of pyridine rings is 1. The lowest BCUT2D eigenvalue weighted by molar-refractivity contribution is 0.124. The number of nitrogens with zero attached hydrogens (tertiary/aromatic N) is 2. The van der Waals surface area contributed by atoms with Gasteiger partial charge in [0.2, 0.25) is 0 Å². The molecule has 0 saturated carbocycles. The maximum atomic E-state index is 12.6. The monoisotopic (exact) mass is 594 g/mol. The van der Waals surface area contributed by atoms with Gasteiger partial charge in [-0.25, -0.2) is 0 Å². The fourth-order valence-electron chi connectivity index (χ4n) is 6.05. The van der Waals surface area contributed by atoms with E-state index in [1.54, 1.807) is 6.20 Å². The van der Waals surface area contributed by atoms with E-state index in [9.17, 15) is 5.11 Å². The van der Waals surface area contributed by atoms with Crippen LogP contribution in [0.4, 0.5) is 0 Å². The summed E-state index contributed by atoms with van der Waals surface area (Å²) in [5.74, 6) is 0. The topological polar surface area (TPSA) is 38.1 Å². The first kappa shape index (κ1) is 29.4. The molecule has 0 radical (unpaired) electrons. The summed E-state index contributed by atoms with van der Waals surface area (Å²) >= 11 is 6.23. The normalized spacial score (nSPS) is 14.0. The molecule has 0 bridgehead atoms. The van der Waals surface area contributed by atoms with Crippen LogP contribution in [0.5, 0.6) is 0 Å². The Morgan fingerprint density at radius 3 is 2.18 bits per heavy atom. The summed E-state index contributed by atoms with van der Waals surface area (Å²) in [6, 6.07) is 38.9. The third kappa shape index (κ3) is 5.41. The second-order valence-electron chi connectivity index (χ2n) is 10.6. The van der Waals surface area contributed by atoms with Crippen molar-refractivity contribution in [1.82, 2.24) is 9.55 Å². The molecule has 1 N–H and O–H groups in total. The maximum Gasteiger partial charge on any atom is 0.140 e. The van der Waals surface area contributed by atoms with Crippen molar-refractivity contribution in [2.24, 2.45) is 0 Å². The highest BCUT2D eigenvalue weighted by Gasteiger charge is 2.37. The molecule has 218 valence electrons. The van der Waals surface area contributed by atoms with Crippen molar-refractivity contribution in [3.63, 3.8) is 0 Å². The van der Waals surface area contributed by atoms with Gasteiger partial charge in [0.25, 0.3) is 0 Å². The van der Waals surface area contributed by atoms with Gasteiger partial charge in [-0.3, -0.25) is 4.98 Å². The summed E-state index contributed by atoms with van der Waals surface area (Å²) in [7, 11) is 0. The average Bonchev–Trinajstić information content (AvgIpc) is 3.49. The molecule has 0 fully saturated rings. The molecule has 0 saturated heterocycles. The minimum Gasteiger partial charge on any atom is -0.376 e. The number of rotatable bonds is 6. The number of fused-ring (bicyclic) bond motifs is 1. The second-order valence-corrected chi connectivity index (χ2v) is 11.1. The van der Waals surface area contributed by atoms with Crippen LogP contribution in [0.25, 0.3) is 39.0 Å². The van der Waals surface area contributed by atoms with Crippen LogP contribution >= 0.6 is 11.6 Å². The van der Waals surface area contributed by atoms with Crippen LogP contribution in [0.1, 0.15) is 37.8 Å². The highest BCUT2D eigenvalue weighted by atomic mass is 35.5. The van der Waals surface area contributed by atoms with E-state index in [1.807, 2.05) is 74.6 Å². The van der Waals surface area contributed by atoms with Crippen LogP contribution in [0.3, 0.4) is 0 Å². The van der Waals surface area contributed by atoms with Gasteiger partial charge in [0, 0.05) is 39.6 Å². The third-order valence-electron chi connectivity index (χ3n) is 8.08. The van der Waals surface area contributed by atoms with Gasteiger partial charge in [0.1, 0.15) is 5.60 Å². The van der Waals surface area contributed by atoms with E-state index in [4.69, 9.17) is 11.6 Å². The first-order chi connectivity index (χ1) is 21.6. The lowest BCUT2D eigenvalue weighted by Crippen LogP contribution is -2.30. The number of allylic oxidation sites excluding steroid dienone is 2. The van der Waals surface area contributed by atoms with E-state index in [1.165, 1.54) is 0 Å². The molecular weight excluding hydrogens is 560 g/mol. The van der Waals surface area contributed by atoms with E-state index in [2.05, 4.69) is 88.4 Å². The smallest absolute Gasteiger partial charge is 0.140 e. The first-order valence-electron chi connectivity index (χ1n) is 15.2. The highest BCUT2D eigenvalue weighted by molar-refractivity contribution is 6.30. The molecule has 1 aliphatic carbocycles. The number of aliphatic hydroxyl groups is 1. The number of aromatic nitrogens is 2. The van der Waals surface area contributed by atoms with Crippen molar-refractivity contribution >= 4 is 22.5 Å². The summed E-state index contributed by atoms with van der Waals surface area (Å²) in [6.45, 7) is 4.00. The summed E-state index contributed by atoms with van der Waals surface area (Å²) < 4.78 is 2.28. The fraction of sp³-hybridized carbons (Fsp3) is 0.125. The average molecular weight is 595 g/mol. The molecule has 7 rings (SSSR count). The number of hydrogen-bond donors (Lipinski definition) is 1. The standard InChI is InChI=1S/C38H29ClN2O.C2H6/c39-32-19-16-27(17-20-32)37-25-29-24-28(18-21-36(29)41(37)33-14-8-3-9-15-33)34-26-40-23-22-35(34)38(42,30-10-4-1-5-11-30)31-12-6-2-7-13-31;1-2/h1,3-6,8-26,42H,2,7H2;1-2H3. The van der Waals surface area contributed by atoms with Crippen molar-refractivity contribution in [2.45, 2.75) is 32.3 Å². The molecule has 0 spiro atoms. The summed E-state index contributed by atoms with van der Waals surface area (Å²) in [5, 5.41) is 14.4. The highest BCUT2D eigenvalue weighted by Crippen LogP contribution is 2.44. The Labute approximate surface area is 264 Å². The lowest BCUT2D eigenvalue weighted by Gasteiger charge is -2.33. The van der Waals surface area contributed by atoms with Gasteiger partial charge in [-0.15, -0.1) is 0 Å². The summed E-state index contributed by atoms with van der Waals surface area (Å²) in [5.41, 5.74) is 7.42. The first-order valence-corrected chi connectivity index (χ1v) is 15.6. The molecular formula is C40H35ClN2O. The van der Waals surface area contributed by atoms with Crippen LogP contribution in [-0.4, -0.2) is 14.7 Å². The SMILES string of the molecule is CC.OC(C1=CCCC=C1)(c1ccccc1)c1ccncc1-c1ccc2c(c1)cc(-c1ccc(Cl)cc1)n2-c1ccccc1. The van der Waals surface area contributed by atoms with E-state index in [0.29, 0.717) is 5.02 Å². The molecule has 0 aliphatic heterocycles. The maximum absolute atomic E-state index is 12.6.